The summed E-state index contributed by atoms with van der Waals surface area (Å²) in [6, 6.07) is 19.2. The molecule has 4 heteroatoms. The van der Waals surface area contributed by atoms with Crippen LogP contribution in [0.2, 0.25) is 0 Å². The molecule has 1 saturated heterocycles. The average molecular weight is 356 g/mol. The first-order valence-electron chi connectivity index (χ1n) is 9.68. The third-order valence-electron chi connectivity index (χ3n) is 5.90. The quantitative estimate of drug-likeness (QED) is 0.714. The summed E-state index contributed by atoms with van der Waals surface area (Å²) in [6.45, 7) is 5.15. The van der Waals surface area contributed by atoms with Gasteiger partial charge in [-0.1, -0.05) is 36.4 Å². The first kappa shape index (κ1) is 16.5. The molecule has 1 atom stereocenters. The molecule has 136 valence electrons. The maximum atomic E-state index is 4.85. The zero-order chi connectivity index (χ0) is 18.1. The number of likely N-dealkylation sites (tertiary alicyclic amines) is 1. The van der Waals surface area contributed by atoms with Crippen molar-refractivity contribution in [2.75, 3.05) is 24.5 Å². The van der Waals surface area contributed by atoms with Crippen LogP contribution in [0, 0.1) is 0 Å². The van der Waals surface area contributed by atoms with Crippen molar-refractivity contribution >= 4 is 5.69 Å². The Labute approximate surface area is 160 Å². The number of pyridine rings is 2. The van der Waals surface area contributed by atoms with Crippen LogP contribution < -0.4 is 4.90 Å². The van der Waals surface area contributed by atoms with Gasteiger partial charge in [-0.25, -0.2) is 0 Å². The fourth-order valence-electron chi connectivity index (χ4n) is 4.70. The summed E-state index contributed by atoms with van der Waals surface area (Å²) < 4.78 is 0. The Morgan fingerprint density at radius 2 is 1.70 bits per heavy atom. The summed E-state index contributed by atoms with van der Waals surface area (Å²) >= 11 is 0. The molecule has 27 heavy (non-hydrogen) atoms. The standard InChI is InChI=1S/C23H24N4/c1-2-6-19(7-3-1)16-27-18-23(22-21(27)9-5-12-25-22)10-13-26(17-23)15-20-8-4-11-24-14-20/h1-9,11-12,14H,10,13,15-18H2/t23-/m0/s1. The van der Waals surface area contributed by atoms with Crippen molar-refractivity contribution in [3.63, 3.8) is 0 Å². The maximum Gasteiger partial charge on any atom is 0.0729 e. The highest BCUT2D eigenvalue weighted by Crippen LogP contribution is 2.45. The lowest BCUT2D eigenvalue weighted by atomic mass is 9.85. The third-order valence-corrected chi connectivity index (χ3v) is 5.90. The minimum atomic E-state index is 0.146. The van der Waals surface area contributed by atoms with E-state index in [-0.39, 0.29) is 5.41 Å². The summed E-state index contributed by atoms with van der Waals surface area (Å²) in [5, 5.41) is 0. The number of rotatable bonds is 4. The van der Waals surface area contributed by atoms with Gasteiger partial charge in [0.1, 0.15) is 0 Å². The zero-order valence-electron chi connectivity index (χ0n) is 15.5. The van der Waals surface area contributed by atoms with E-state index in [0.29, 0.717) is 0 Å². The monoisotopic (exact) mass is 356 g/mol. The Hall–Kier alpha value is -2.72. The molecule has 0 unspecified atom stereocenters. The highest BCUT2D eigenvalue weighted by molar-refractivity contribution is 5.60. The van der Waals surface area contributed by atoms with Crippen molar-refractivity contribution < 1.29 is 0 Å². The Morgan fingerprint density at radius 1 is 0.852 bits per heavy atom. The molecule has 5 rings (SSSR count). The van der Waals surface area contributed by atoms with E-state index in [1.807, 2.05) is 24.7 Å². The van der Waals surface area contributed by atoms with E-state index in [2.05, 4.69) is 63.3 Å². The van der Waals surface area contributed by atoms with E-state index in [4.69, 9.17) is 4.98 Å². The lowest BCUT2D eigenvalue weighted by molar-refractivity contribution is 0.305. The average Bonchev–Trinajstić information content (AvgIpc) is 3.25. The van der Waals surface area contributed by atoms with Crippen molar-refractivity contribution in [3.8, 4) is 0 Å². The number of nitrogens with zero attached hydrogens (tertiary/aromatic N) is 4. The van der Waals surface area contributed by atoms with Crippen molar-refractivity contribution in [2.45, 2.75) is 24.9 Å². The predicted molar refractivity (Wildman–Crippen MR) is 108 cm³/mol. The smallest absolute Gasteiger partial charge is 0.0729 e. The highest BCUT2D eigenvalue weighted by atomic mass is 15.2. The van der Waals surface area contributed by atoms with Gasteiger partial charge in [-0.05, 0) is 42.3 Å². The number of benzene rings is 1. The Kier molecular flexibility index (Phi) is 4.13. The van der Waals surface area contributed by atoms with Crippen LogP contribution in [-0.2, 0) is 18.5 Å². The van der Waals surface area contributed by atoms with Gasteiger partial charge in [-0.15, -0.1) is 0 Å². The van der Waals surface area contributed by atoms with Gasteiger partial charge in [-0.2, -0.15) is 0 Å². The summed E-state index contributed by atoms with van der Waals surface area (Å²) in [4.78, 5) is 14.2. The number of aromatic nitrogens is 2. The minimum Gasteiger partial charge on any atom is -0.365 e. The van der Waals surface area contributed by atoms with Gasteiger partial charge >= 0.3 is 0 Å². The Bertz CT molecular complexity index is 912. The molecule has 4 nitrogen and oxygen atoms in total. The van der Waals surface area contributed by atoms with Crippen molar-refractivity contribution in [3.05, 3.63) is 90.0 Å². The van der Waals surface area contributed by atoms with Gasteiger partial charge in [0.15, 0.2) is 0 Å². The van der Waals surface area contributed by atoms with Crippen LogP contribution in [0.15, 0.2) is 73.2 Å². The fourth-order valence-corrected chi connectivity index (χ4v) is 4.70. The molecule has 1 spiro atoms. The molecular weight excluding hydrogens is 332 g/mol. The second-order valence-corrected chi connectivity index (χ2v) is 7.82. The summed E-state index contributed by atoms with van der Waals surface area (Å²) in [7, 11) is 0. The molecular formula is C23H24N4. The molecule has 0 amide bonds. The van der Waals surface area contributed by atoms with Gasteiger partial charge in [0.25, 0.3) is 0 Å². The van der Waals surface area contributed by atoms with Crippen LogP contribution in [0.4, 0.5) is 5.69 Å². The number of hydrogen-bond acceptors (Lipinski definition) is 4. The maximum absolute atomic E-state index is 4.85. The summed E-state index contributed by atoms with van der Waals surface area (Å²) in [6.07, 6.45) is 6.94. The van der Waals surface area contributed by atoms with Gasteiger partial charge in [-0.3, -0.25) is 14.9 Å². The normalized spacial score (nSPS) is 21.7. The van der Waals surface area contributed by atoms with Crippen LogP contribution in [0.3, 0.4) is 0 Å². The van der Waals surface area contributed by atoms with Crippen LogP contribution in [0.25, 0.3) is 0 Å². The van der Waals surface area contributed by atoms with Crippen LogP contribution in [0.5, 0.6) is 0 Å². The fraction of sp³-hybridized carbons (Fsp3) is 0.304. The van der Waals surface area contributed by atoms with Gasteiger partial charge < -0.3 is 4.90 Å². The molecule has 2 aliphatic rings. The zero-order valence-corrected chi connectivity index (χ0v) is 15.5. The second-order valence-electron chi connectivity index (χ2n) is 7.82. The van der Waals surface area contributed by atoms with Gasteiger partial charge in [0.05, 0.1) is 11.4 Å². The highest BCUT2D eigenvalue weighted by Gasteiger charge is 2.48. The topological polar surface area (TPSA) is 32.3 Å². The third kappa shape index (κ3) is 3.10. The lowest BCUT2D eigenvalue weighted by Crippen LogP contribution is -2.36. The molecule has 2 aromatic heterocycles. The van der Waals surface area contributed by atoms with Gasteiger partial charge in [0.2, 0.25) is 0 Å². The molecule has 1 aromatic carbocycles. The van der Waals surface area contributed by atoms with Crippen LogP contribution >= 0.6 is 0 Å². The second kappa shape index (κ2) is 6.78. The lowest BCUT2D eigenvalue weighted by Gasteiger charge is -2.26. The Morgan fingerprint density at radius 3 is 2.56 bits per heavy atom. The SMILES string of the molecule is c1ccc(CN2C[C@@]3(CCN(Cc4cccnc4)C3)c3ncccc32)cc1. The van der Waals surface area contributed by atoms with Gasteiger partial charge in [0, 0.05) is 50.2 Å². The molecule has 0 radical (unpaired) electrons. The molecule has 0 N–H and O–H groups in total. The summed E-state index contributed by atoms with van der Waals surface area (Å²) in [5.41, 5.74) is 5.39. The molecule has 0 aliphatic carbocycles. The molecule has 0 saturated carbocycles. The van der Waals surface area contributed by atoms with E-state index < -0.39 is 0 Å². The largest absolute Gasteiger partial charge is 0.365 e. The number of anilines is 1. The van der Waals surface area contributed by atoms with Crippen molar-refractivity contribution in [1.29, 1.82) is 0 Å². The van der Waals surface area contributed by atoms with Crippen LogP contribution in [-0.4, -0.2) is 34.5 Å². The van der Waals surface area contributed by atoms with Crippen molar-refractivity contribution in [1.82, 2.24) is 14.9 Å². The first-order chi connectivity index (χ1) is 13.3. The molecule has 0 bridgehead atoms. The number of fused-ring (bicyclic) bond motifs is 2. The Balaban J connectivity index is 1.39. The predicted octanol–water partition coefficient (Wildman–Crippen LogP) is 3.64. The molecule has 3 aromatic rings. The van der Waals surface area contributed by atoms with E-state index in [1.165, 1.54) is 28.9 Å². The minimum absolute atomic E-state index is 0.146. The molecule has 1 fully saturated rings. The molecule has 2 aliphatic heterocycles. The van der Waals surface area contributed by atoms with E-state index >= 15 is 0 Å². The number of hydrogen-bond donors (Lipinski definition) is 0. The first-order valence-corrected chi connectivity index (χ1v) is 9.68. The van der Waals surface area contributed by atoms with Crippen LogP contribution in [0.1, 0.15) is 23.2 Å². The molecule has 4 heterocycles. The van der Waals surface area contributed by atoms with E-state index in [0.717, 1.165) is 32.7 Å². The van der Waals surface area contributed by atoms with E-state index in [9.17, 15) is 0 Å². The van der Waals surface area contributed by atoms with E-state index in [1.54, 1.807) is 0 Å². The summed E-state index contributed by atoms with van der Waals surface area (Å²) in [5.74, 6) is 0. The van der Waals surface area contributed by atoms with Crippen molar-refractivity contribution in [2.24, 2.45) is 0 Å².